The van der Waals surface area contributed by atoms with Gasteiger partial charge in [-0.3, -0.25) is 0 Å². The summed E-state index contributed by atoms with van der Waals surface area (Å²) in [7, 11) is 0. The van der Waals surface area contributed by atoms with Crippen LogP contribution in [0.2, 0.25) is 0 Å². The van der Waals surface area contributed by atoms with E-state index >= 15 is 0 Å². The van der Waals surface area contributed by atoms with Gasteiger partial charge in [0.25, 0.3) is 0 Å². The maximum Gasteiger partial charge on any atom is 0.115 e. The molecule has 0 spiro atoms. The molecule has 3 unspecified atom stereocenters. The van der Waals surface area contributed by atoms with E-state index in [0.717, 1.165) is 12.8 Å². The summed E-state index contributed by atoms with van der Waals surface area (Å²) < 4.78 is 14.4. The van der Waals surface area contributed by atoms with E-state index in [9.17, 15) is 4.39 Å². The summed E-state index contributed by atoms with van der Waals surface area (Å²) in [5, 5.41) is 0. The number of hydrogen-bond donors (Lipinski definition) is 1. The Hall–Kier alpha value is -0.110. The fourth-order valence-corrected chi connectivity index (χ4v) is 2.31. The van der Waals surface area contributed by atoms with E-state index in [0.29, 0.717) is 18.8 Å². The highest BCUT2D eigenvalue weighted by Crippen LogP contribution is 2.40. The van der Waals surface area contributed by atoms with Crippen molar-refractivity contribution in [1.29, 1.82) is 0 Å². The van der Waals surface area contributed by atoms with Gasteiger partial charge >= 0.3 is 0 Å². The molecular formula is C11H22FN. The molecule has 0 heterocycles. The summed E-state index contributed by atoms with van der Waals surface area (Å²) in [6, 6.07) is 0.0833. The van der Waals surface area contributed by atoms with E-state index in [2.05, 4.69) is 13.8 Å². The summed E-state index contributed by atoms with van der Waals surface area (Å²) in [5.41, 5.74) is 4.81. The van der Waals surface area contributed by atoms with E-state index in [1.165, 1.54) is 0 Å². The molecule has 13 heavy (non-hydrogen) atoms. The molecule has 0 aromatic rings. The van der Waals surface area contributed by atoms with Crippen molar-refractivity contribution >= 4 is 0 Å². The standard InChI is InChI=1S/C11H22FN/c1-8(2)9(3)11(12)6-4-5-10(13)7-11/h8-10H,4-7,13H2,1-3H3. The number of halogens is 1. The van der Waals surface area contributed by atoms with Gasteiger partial charge in [0, 0.05) is 6.04 Å². The second-order valence-corrected chi connectivity index (χ2v) is 4.92. The lowest BCUT2D eigenvalue weighted by molar-refractivity contribution is 0.0178. The van der Waals surface area contributed by atoms with Crippen LogP contribution in [0.3, 0.4) is 0 Å². The van der Waals surface area contributed by atoms with Crippen LogP contribution in [0.15, 0.2) is 0 Å². The molecular weight excluding hydrogens is 165 g/mol. The average Bonchev–Trinajstić information content (AvgIpc) is 2.02. The Morgan fingerprint density at radius 2 is 2.00 bits per heavy atom. The molecule has 1 saturated carbocycles. The quantitative estimate of drug-likeness (QED) is 0.706. The van der Waals surface area contributed by atoms with Gasteiger partial charge in [0.2, 0.25) is 0 Å². The van der Waals surface area contributed by atoms with Crippen LogP contribution in [-0.4, -0.2) is 11.7 Å². The largest absolute Gasteiger partial charge is 0.328 e. The Kier molecular flexibility index (Phi) is 3.33. The highest BCUT2D eigenvalue weighted by Gasteiger charge is 2.41. The average molecular weight is 187 g/mol. The minimum absolute atomic E-state index is 0.0833. The molecule has 2 heteroatoms. The minimum Gasteiger partial charge on any atom is -0.328 e. The van der Waals surface area contributed by atoms with Crippen LogP contribution in [0.1, 0.15) is 46.5 Å². The highest BCUT2D eigenvalue weighted by molar-refractivity contribution is 4.93. The molecule has 78 valence electrons. The second-order valence-electron chi connectivity index (χ2n) is 4.92. The zero-order valence-electron chi connectivity index (χ0n) is 9.02. The van der Waals surface area contributed by atoms with E-state index in [1.54, 1.807) is 0 Å². The van der Waals surface area contributed by atoms with Crippen molar-refractivity contribution in [2.24, 2.45) is 17.6 Å². The van der Waals surface area contributed by atoms with Crippen LogP contribution >= 0.6 is 0 Å². The van der Waals surface area contributed by atoms with Gasteiger partial charge in [-0.15, -0.1) is 0 Å². The van der Waals surface area contributed by atoms with Gasteiger partial charge in [-0.05, 0) is 37.5 Å². The third-order valence-electron chi connectivity index (χ3n) is 3.58. The lowest BCUT2D eigenvalue weighted by Gasteiger charge is -2.39. The SMILES string of the molecule is CC(C)C(C)C1(F)CCCC(N)C1. The van der Waals surface area contributed by atoms with E-state index in [1.807, 2.05) is 6.92 Å². The first-order valence-corrected chi connectivity index (χ1v) is 5.40. The van der Waals surface area contributed by atoms with Crippen LogP contribution in [0, 0.1) is 11.8 Å². The summed E-state index contributed by atoms with van der Waals surface area (Å²) in [6.07, 6.45) is 3.22. The van der Waals surface area contributed by atoms with Crippen LogP contribution in [-0.2, 0) is 0 Å². The lowest BCUT2D eigenvalue weighted by Crippen LogP contribution is -2.43. The van der Waals surface area contributed by atoms with Gasteiger partial charge < -0.3 is 5.73 Å². The van der Waals surface area contributed by atoms with Gasteiger partial charge in [0.15, 0.2) is 0 Å². The Labute approximate surface area is 80.9 Å². The summed E-state index contributed by atoms with van der Waals surface area (Å²) in [6.45, 7) is 6.20. The van der Waals surface area contributed by atoms with E-state index in [4.69, 9.17) is 5.73 Å². The first-order chi connectivity index (χ1) is 5.96. The fraction of sp³-hybridized carbons (Fsp3) is 1.00. The Bertz CT molecular complexity index is 169. The van der Waals surface area contributed by atoms with Gasteiger partial charge in [-0.1, -0.05) is 20.8 Å². The molecule has 1 aliphatic rings. The maximum absolute atomic E-state index is 14.4. The van der Waals surface area contributed by atoms with Crippen molar-refractivity contribution in [2.75, 3.05) is 0 Å². The molecule has 2 N–H and O–H groups in total. The molecule has 3 atom stereocenters. The lowest BCUT2D eigenvalue weighted by atomic mass is 9.72. The van der Waals surface area contributed by atoms with E-state index in [-0.39, 0.29) is 12.0 Å². The molecule has 0 amide bonds. The third-order valence-corrected chi connectivity index (χ3v) is 3.58. The van der Waals surface area contributed by atoms with Crippen LogP contribution in [0.25, 0.3) is 0 Å². The van der Waals surface area contributed by atoms with E-state index < -0.39 is 5.67 Å². The van der Waals surface area contributed by atoms with Crippen molar-refractivity contribution in [1.82, 2.24) is 0 Å². The first-order valence-electron chi connectivity index (χ1n) is 5.40. The molecule has 1 fully saturated rings. The van der Waals surface area contributed by atoms with Crippen LogP contribution in [0.4, 0.5) is 4.39 Å². The number of hydrogen-bond acceptors (Lipinski definition) is 1. The number of alkyl halides is 1. The molecule has 1 nitrogen and oxygen atoms in total. The van der Waals surface area contributed by atoms with Crippen molar-refractivity contribution in [2.45, 2.75) is 58.2 Å². The normalized spacial score (nSPS) is 37.8. The molecule has 0 bridgehead atoms. The Balaban J connectivity index is 2.63. The molecule has 0 saturated heterocycles. The summed E-state index contributed by atoms with van der Waals surface area (Å²) in [5.74, 6) is 0.550. The highest BCUT2D eigenvalue weighted by atomic mass is 19.1. The minimum atomic E-state index is -0.994. The molecule has 0 aliphatic heterocycles. The Morgan fingerprint density at radius 1 is 1.38 bits per heavy atom. The monoisotopic (exact) mass is 187 g/mol. The summed E-state index contributed by atoms with van der Waals surface area (Å²) >= 11 is 0. The van der Waals surface area contributed by atoms with Gasteiger partial charge in [0.1, 0.15) is 5.67 Å². The maximum atomic E-state index is 14.4. The molecule has 1 aliphatic carbocycles. The molecule has 0 radical (unpaired) electrons. The Morgan fingerprint density at radius 3 is 2.46 bits per heavy atom. The van der Waals surface area contributed by atoms with Crippen LogP contribution in [0.5, 0.6) is 0 Å². The van der Waals surface area contributed by atoms with Gasteiger partial charge in [-0.2, -0.15) is 0 Å². The first kappa shape index (κ1) is 11.0. The second kappa shape index (κ2) is 3.95. The van der Waals surface area contributed by atoms with Crippen molar-refractivity contribution in [3.8, 4) is 0 Å². The molecule has 1 rings (SSSR count). The van der Waals surface area contributed by atoms with Crippen molar-refractivity contribution in [3.63, 3.8) is 0 Å². The van der Waals surface area contributed by atoms with Crippen molar-refractivity contribution in [3.05, 3.63) is 0 Å². The zero-order chi connectivity index (χ0) is 10.1. The third kappa shape index (κ3) is 2.43. The van der Waals surface area contributed by atoms with Gasteiger partial charge in [-0.25, -0.2) is 4.39 Å². The summed E-state index contributed by atoms with van der Waals surface area (Å²) in [4.78, 5) is 0. The predicted molar refractivity (Wildman–Crippen MR) is 54.3 cm³/mol. The number of nitrogens with two attached hydrogens (primary N) is 1. The smallest absolute Gasteiger partial charge is 0.115 e. The van der Waals surface area contributed by atoms with Crippen molar-refractivity contribution < 1.29 is 4.39 Å². The topological polar surface area (TPSA) is 26.0 Å². The molecule has 0 aromatic carbocycles. The van der Waals surface area contributed by atoms with Crippen LogP contribution < -0.4 is 5.73 Å². The predicted octanol–water partition coefficient (Wildman–Crippen LogP) is 2.89. The fourth-order valence-electron chi connectivity index (χ4n) is 2.31. The van der Waals surface area contributed by atoms with Gasteiger partial charge in [0.05, 0.1) is 0 Å². The molecule has 0 aromatic heterocycles. The number of rotatable bonds is 2. The zero-order valence-corrected chi connectivity index (χ0v) is 9.02.